The van der Waals surface area contributed by atoms with Gasteiger partial charge in [-0.15, -0.1) is 0 Å². The molecule has 1 fully saturated rings. The van der Waals surface area contributed by atoms with Gasteiger partial charge in [0.15, 0.2) is 0 Å². The summed E-state index contributed by atoms with van der Waals surface area (Å²) in [6, 6.07) is 1.13. The van der Waals surface area contributed by atoms with Crippen molar-refractivity contribution in [3.63, 3.8) is 0 Å². The first-order chi connectivity index (χ1) is 7.22. The molecule has 3 heteroatoms. The molecule has 1 aliphatic rings. The van der Waals surface area contributed by atoms with Gasteiger partial charge in [-0.05, 0) is 51.0 Å². The van der Waals surface area contributed by atoms with Gasteiger partial charge in [-0.3, -0.25) is 0 Å². The maximum atomic E-state index is 8.88. The molecule has 1 saturated carbocycles. The third kappa shape index (κ3) is 5.50. The van der Waals surface area contributed by atoms with Gasteiger partial charge in [0.1, 0.15) is 0 Å². The maximum Gasteiger partial charge on any atom is 0.0456 e. The SMILES string of the molecule is CC(CO)CCCNC1CCC(N)CC1. The Balaban J connectivity index is 1.96. The lowest BCUT2D eigenvalue weighted by atomic mass is 9.92. The first-order valence-corrected chi connectivity index (χ1v) is 6.32. The van der Waals surface area contributed by atoms with Gasteiger partial charge in [0.05, 0.1) is 0 Å². The number of hydrogen-bond acceptors (Lipinski definition) is 3. The minimum Gasteiger partial charge on any atom is -0.396 e. The minimum atomic E-state index is 0.318. The van der Waals surface area contributed by atoms with Crippen LogP contribution in [-0.4, -0.2) is 30.3 Å². The lowest BCUT2D eigenvalue weighted by Crippen LogP contribution is -2.37. The van der Waals surface area contributed by atoms with Crippen LogP contribution in [0.1, 0.15) is 45.4 Å². The predicted molar refractivity (Wildman–Crippen MR) is 63.7 cm³/mol. The van der Waals surface area contributed by atoms with Gasteiger partial charge < -0.3 is 16.2 Å². The third-order valence-electron chi connectivity index (χ3n) is 3.39. The number of nitrogens with one attached hydrogen (secondary N) is 1. The van der Waals surface area contributed by atoms with Gasteiger partial charge in [0.2, 0.25) is 0 Å². The van der Waals surface area contributed by atoms with Crippen molar-refractivity contribution < 1.29 is 5.11 Å². The summed E-state index contributed by atoms with van der Waals surface area (Å²) in [6.45, 7) is 3.50. The Labute approximate surface area is 93.4 Å². The molecule has 1 aliphatic carbocycles. The maximum absolute atomic E-state index is 8.88. The van der Waals surface area contributed by atoms with Crippen molar-refractivity contribution >= 4 is 0 Å². The summed E-state index contributed by atoms with van der Waals surface area (Å²) < 4.78 is 0. The monoisotopic (exact) mass is 214 g/mol. The van der Waals surface area contributed by atoms with Crippen LogP contribution in [0.5, 0.6) is 0 Å². The van der Waals surface area contributed by atoms with E-state index in [1.54, 1.807) is 0 Å². The Hall–Kier alpha value is -0.120. The van der Waals surface area contributed by atoms with E-state index in [0.717, 1.165) is 13.0 Å². The fourth-order valence-electron chi connectivity index (χ4n) is 2.17. The Morgan fingerprint density at radius 3 is 2.60 bits per heavy atom. The molecule has 3 nitrogen and oxygen atoms in total. The molecular weight excluding hydrogens is 188 g/mol. The third-order valence-corrected chi connectivity index (χ3v) is 3.39. The number of hydrogen-bond donors (Lipinski definition) is 3. The normalized spacial score (nSPS) is 29.0. The second-order valence-electron chi connectivity index (χ2n) is 5.00. The van der Waals surface area contributed by atoms with E-state index >= 15 is 0 Å². The molecule has 0 heterocycles. The number of aliphatic hydroxyl groups excluding tert-OH is 1. The zero-order valence-corrected chi connectivity index (χ0v) is 9.91. The van der Waals surface area contributed by atoms with E-state index in [0.29, 0.717) is 24.6 Å². The van der Waals surface area contributed by atoms with Crippen LogP contribution >= 0.6 is 0 Å². The molecule has 1 atom stereocenters. The fourth-order valence-corrected chi connectivity index (χ4v) is 2.17. The first kappa shape index (κ1) is 12.9. The quantitative estimate of drug-likeness (QED) is 0.583. The smallest absolute Gasteiger partial charge is 0.0456 e. The number of aliphatic hydroxyl groups is 1. The van der Waals surface area contributed by atoms with Crippen LogP contribution in [0, 0.1) is 5.92 Å². The Kier molecular flexibility index (Phi) is 6.22. The summed E-state index contributed by atoms with van der Waals surface area (Å²) in [5.74, 6) is 0.451. The molecule has 15 heavy (non-hydrogen) atoms. The van der Waals surface area contributed by atoms with Crippen molar-refractivity contribution in [1.29, 1.82) is 0 Å². The molecule has 1 unspecified atom stereocenters. The van der Waals surface area contributed by atoms with E-state index in [1.165, 1.54) is 32.1 Å². The van der Waals surface area contributed by atoms with Crippen molar-refractivity contribution in [2.24, 2.45) is 11.7 Å². The molecule has 4 N–H and O–H groups in total. The van der Waals surface area contributed by atoms with Crippen molar-refractivity contribution in [3.8, 4) is 0 Å². The van der Waals surface area contributed by atoms with Crippen LogP contribution in [0.15, 0.2) is 0 Å². The molecule has 0 radical (unpaired) electrons. The van der Waals surface area contributed by atoms with Gasteiger partial charge in [0, 0.05) is 18.7 Å². The molecule has 0 aromatic carbocycles. The Bertz CT molecular complexity index is 156. The van der Waals surface area contributed by atoms with E-state index in [1.807, 2.05) is 0 Å². The second-order valence-corrected chi connectivity index (χ2v) is 5.00. The summed E-state index contributed by atoms with van der Waals surface area (Å²) in [4.78, 5) is 0. The van der Waals surface area contributed by atoms with Gasteiger partial charge in [-0.2, -0.15) is 0 Å². The molecule has 0 aliphatic heterocycles. The van der Waals surface area contributed by atoms with Crippen molar-refractivity contribution in [1.82, 2.24) is 5.32 Å². The Morgan fingerprint density at radius 2 is 2.00 bits per heavy atom. The molecule has 0 aromatic rings. The van der Waals surface area contributed by atoms with Gasteiger partial charge in [0.25, 0.3) is 0 Å². The summed E-state index contributed by atoms with van der Waals surface area (Å²) in [5.41, 5.74) is 5.85. The van der Waals surface area contributed by atoms with Crippen LogP contribution in [0.25, 0.3) is 0 Å². The molecule has 90 valence electrons. The zero-order valence-electron chi connectivity index (χ0n) is 9.91. The molecule has 1 rings (SSSR count). The van der Waals surface area contributed by atoms with Crippen molar-refractivity contribution in [2.45, 2.75) is 57.5 Å². The van der Waals surface area contributed by atoms with Crippen LogP contribution in [0.4, 0.5) is 0 Å². The van der Waals surface area contributed by atoms with Crippen LogP contribution < -0.4 is 11.1 Å². The lowest BCUT2D eigenvalue weighted by molar-refractivity contribution is 0.226. The van der Waals surface area contributed by atoms with E-state index in [4.69, 9.17) is 10.8 Å². The van der Waals surface area contributed by atoms with E-state index in [9.17, 15) is 0 Å². The van der Waals surface area contributed by atoms with E-state index in [2.05, 4.69) is 12.2 Å². The predicted octanol–water partition coefficient (Wildman–Crippen LogP) is 1.25. The van der Waals surface area contributed by atoms with Crippen LogP contribution in [-0.2, 0) is 0 Å². The second kappa shape index (κ2) is 7.20. The molecule has 0 saturated heterocycles. The van der Waals surface area contributed by atoms with Crippen molar-refractivity contribution in [3.05, 3.63) is 0 Å². The van der Waals surface area contributed by atoms with Gasteiger partial charge >= 0.3 is 0 Å². The average molecular weight is 214 g/mol. The van der Waals surface area contributed by atoms with Crippen molar-refractivity contribution in [2.75, 3.05) is 13.2 Å². The Morgan fingerprint density at radius 1 is 1.33 bits per heavy atom. The summed E-state index contributed by atoms with van der Waals surface area (Å²) in [7, 11) is 0. The highest BCUT2D eigenvalue weighted by Crippen LogP contribution is 2.16. The minimum absolute atomic E-state index is 0.318. The first-order valence-electron chi connectivity index (χ1n) is 6.32. The van der Waals surface area contributed by atoms with Crippen LogP contribution in [0.2, 0.25) is 0 Å². The van der Waals surface area contributed by atoms with E-state index < -0.39 is 0 Å². The largest absolute Gasteiger partial charge is 0.396 e. The van der Waals surface area contributed by atoms with Gasteiger partial charge in [-0.1, -0.05) is 6.92 Å². The fraction of sp³-hybridized carbons (Fsp3) is 1.00. The van der Waals surface area contributed by atoms with Gasteiger partial charge in [-0.25, -0.2) is 0 Å². The number of rotatable bonds is 6. The topological polar surface area (TPSA) is 58.3 Å². The molecule has 0 aromatic heterocycles. The summed E-state index contributed by atoms with van der Waals surface area (Å²) in [6.07, 6.45) is 7.10. The molecule has 0 amide bonds. The lowest BCUT2D eigenvalue weighted by Gasteiger charge is -2.27. The average Bonchev–Trinajstić information content (AvgIpc) is 2.26. The highest BCUT2D eigenvalue weighted by atomic mass is 16.3. The highest BCUT2D eigenvalue weighted by Gasteiger charge is 2.17. The molecule has 0 bridgehead atoms. The molecule has 0 spiro atoms. The molecular formula is C12H26N2O. The zero-order chi connectivity index (χ0) is 11.1. The standard InChI is InChI=1S/C12H26N2O/c1-10(9-15)3-2-8-14-12-6-4-11(13)5-7-12/h10-12,14-15H,2-9,13H2,1H3. The summed E-state index contributed by atoms with van der Waals surface area (Å²) in [5, 5.41) is 12.5. The summed E-state index contributed by atoms with van der Waals surface area (Å²) >= 11 is 0. The van der Waals surface area contributed by atoms with Crippen LogP contribution in [0.3, 0.4) is 0 Å². The highest BCUT2D eigenvalue weighted by molar-refractivity contribution is 4.78. The number of nitrogens with two attached hydrogens (primary N) is 1. The van der Waals surface area contributed by atoms with E-state index in [-0.39, 0.29) is 0 Å².